The molecule has 0 amide bonds. The van der Waals surface area contributed by atoms with Crippen LogP contribution in [0.1, 0.15) is 52.9 Å². The predicted octanol–water partition coefficient (Wildman–Crippen LogP) is 2.16. The zero-order valence-electron chi connectivity index (χ0n) is 16.2. The summed E-state index contributed by atoms with van der Waals surface area (Å²) in [6.45, 7) is 5.44. The molecule has 5 heteroatoms. The first-order valence-electron chi connectivity index (χ1n) is 9.93. The Morgan fingerprint density at radius 2 is 1.85 bits per heavy atom. The number of hydrogen-bond donors (Lipinski definition) is 2. The highest BCUT2D eigenvalue weighted by Crippen LogP contribution is 2.66. The molecule has 0 aliphatic heterocycles. The number of rotatable bonds is 2. The SMILES string of the molecule is CC1=C[C@@H]2[C@H](CC[C@@]3(C)[C@H]2CC[C@]3(O)C(=O)CO)[C@@]2(C)CC(=O)C(=O)C=C12. The molecule has 4 aliphatic carbocycles. The molecule has 4 rings (SSSR count). The average Bonchev–Trinajstić information content (AvgIpc) is 2.89. The first kappa shape index (κ1) is 18.8. The molecule has 0 heterocycles. The Morgan fingerprint density at radius 3 is 2.52 bits per heavy atom. The third-order valence-electron chi connectivity index (χ3n) is 8.47. The first-order chi connectivity index (χ1) is 12.6. The topological polar surface area (TPSA) is 91.7 Å². The quantitative estimate of drug-likeness (QED) is 0.725. The van der Waals surface area contributed by atoms with E-state index in [4.69, 9.17) is 0 Å². The fourth-order valence-corrected chi connectivity index (χ4v) is 6.94. The maximum atomic E-state index is 12.4. The number of allylic oxidation sites excluding steroid dienone is 4. The van der Waals surface area contributed by atoms with Gasteiger partial charge in [-0.25, -0.2) is 0 Å². The Labute approximate surface area is 159 Å². The van der Waals surface area contributed by atoms with Gasteiger partial charge >= 0.3 is 0 Å². The second-order valence-electron chi connectivity index (χ2n) is 9.52. The van der Waals surface area contributed by atoms with E-state index in [0.29, 0.717) is 12.8 Å². The summed E-state index contributed by atoms with van der Waals surface area (Å²) >= 11 is 0. The monoisotopic (exact) mass is 372 g/mol. The van der Waals surface area contributed by atoms with Gasteiger partial charge in [-0.05, 0) is 62.0 Å². The number of Topliss-reactive ketones (excluding diaryl/α,β-unsaturated/α-hetero) is 2. The number of aliphatic hydroxyl groups is 2. The largest absolute Gasteiger partial charge is 0.388 e. The molecule has 6 atom stereocenters. The maximum absolute atomic E-state index is 12.4. The highest BCUT2D eigenvalue weighted by molar-refractivity contribution is 6.42. The fraction of sp³-hybridized carbons (Fsp3) is 0.682. The van der Waals surface area contributed by atoms with E-state index in [2.05, 4.69) is 13.0 Å². The number of aliphatic hydroxyl groups excluding tert-OH is 1. The van der Waals surface area contributed by atoms with E-state index in [1.165, 1.54) is 6.08 Å². The number of hydrogen-bond acceptors (Lipinski definition) is 5. The van der Waals surface area contributed by atoms with Crippen LogP contribution in [-0.4, -0.2) is 39.8 Å². The van der Waals surface area contributed by atoms with Gasteiger partial charge in [0.15, 0.2) is 5.78 Å². The van der Waals surface area contributed by atoms with E-state index >= 15 is 0 Å². The number of ketones is 3. The summed E-state index contributed by atoms with van der Waals surface area (Å²) in [5.74, 6) is -0.702. The lowest BCUT2D eigenvalue weighted by Crippen LogP contribution is -2.58. The summed E-state index contributed by atoms with van der Waals surface area (Å²) in [6.07, 6.45) is 6.55. The van der Waals surface area contributed by atoms with Crippen molar-refractivity contribution in [2.45, 2.75) is 58.5 Å². The van der Waals surface area contributed by atoms with Gasteiger partial charge in [-0.1, -0.05) is 25.5 Å². The molecular weight excluding hydrogens is 344 g/mol. The maximum Gasteiger partial charge on any atom is 0.221 e. The van der Waals surface area contributed by atoms with Gasteiger partial charge in [0.2, 0.25) is 11.6 Å². The zero-order chi connectivity index (χ0) is 19.8. The average molecular weight is 372 g/mol. The van der Waals surface area contributed by atoms with Crippen LogP contribution in [0, 0.1) is 28.6 Å². The molecular formula is C22H28O5. The van der Waals surface area contributed by atoms with Crippen LogP contribution in [0.25, 0.3) is 0 Å². The lowest BCUT2D eigenvalue weighted by atomic mass is 9.47. The molecule has 0 aromatic heterocycles. The molecule has 0 spiro atoms. The van der Waals surface area contributed by atoms with E-state index < -0.39 is 29.2 Å². The highest BCUT2D eigenvalue weighted by atomic mass is 16.3. The minimum absolute atomic E-state index is 0.123. The van der Waals surface area contributed by atoms with Crippen molar-refractivity contribution < 1.29 is 24.6 Å². The zero-order valence-corrected chi connectivity index (χ0v) is 16.2. The van der Waals surface area contributed by atoms with Gasteiger partial charge in [0, 0.05) is 17.3 Å². The summed E-state index contributed by atoms with van der Waals surface area (Å²) in [5, 5.41) is 20.6. The van der Waals surface area contributed by atoms with Crippen molar-refractivity contribution in [1.82, 2.24) is 0 Å². The Morgan fingerprint density at radius 1 is 1.19 bits per heavy atom. The van der Waals surface area contributed by atoms with E-state index in [-0.39, 0.29) is 35.4 Å². The summed E-state index contributed by atoms with van der Waals surface area (Å²) in [7, 11) is 0. The smallest absolute Gasteiger partial charge is 0.221 e. The van der Waals surface area contributed by atoms with Crippen LogP contribution in [-0.2, 0) is 14.4 Å². The molecule has 4 aliphatic rings. The van der Waals surface area contributed by atoms with Crippen LogP contribution >= 0.6 is 0 Å². The van der Waals surface area contributed by atoms with Gasteiger partial charge in [0.1, 0.15) is 12.2 Å². The summed E-state index contributed by atoms with van der Waals surface area (Å²) in [6, 6.07) is 0. The molecule has 5 nitrogen and oxygen atoms in total. The fourth-order valence-electron chi connectivity index (χ4n) is 6.94. The van der Waals surface area contributed by atoms with Gasteiger partial charge in [-0.15, -0.1) is 0 Å². The Bertz CT molecular complexity index is 808. The van der Waals surface area contributed by atoms with Crippen LogP contribution < -0.4 is 0 Å². The molecule has 2 N–H and O–H groups in total. The van der Waals surface area contributed by atoms with Crippen molar-refractivity contribution in [3.8, 4) is 0 Å². The molecule has 0 aromatic rings. The van der Waals surface area contributed by atoms with Gasteiger partial charge in [-0.2, -0.15) is 0 Å². The molecule has 0 bridgehead atoms. The van der Waals surface area contributed by atoms with Crippen molar-refractivity contribution in [2.24, 2.45) is 28.6 Å². The van der Waals surface area contributed by atoms with Gasteiger partial charge < -0.3 is 10.2 Å². The summed E-state index contributed by atoms with van der Waals surface area (Å²) < 4.78 is 0. The number of fused-ring (bicyclic) bond motifs is 5. The highest BCUT2D eigenvalue weighted by Gasteiger charge is 2.66. The van der Waals surface area contributed by atoms with Crippen molar-refractivity contribution >= 4 is 17.3 Å². The number of carbonyl (C=O) groups is 3. The standard InChI is InChI=1S/C22H28O5/c1-12-8-13-14(20(2)10-18(25)17(24)9-16(12)20)4-6-21(3)15(13)5-7-22(21,27)19(26)11-23/h8-9,13-15,23,27H,4-7,10-11H2,1-3H3/t13-,14+,15+,20-,21+,22+/m1/s1. The molecule has 2 saturated carbocycles. The molecule has 0 aromatic carbocycles. The van der Waals surface area contributed by atoms with Crippen LogP contribution in [0.3, 0.4) is 0 Å². The van der Waals surface area contributed by atoms with Crippen LogP contribution in [0.2, 0.25) is 0 Å². The van der Waals surface area contributed by atoms with Crippen LogP contribution in [0.15, 0.2) is 23.3 Å². The molecule has 0 radical (unpaired) electrons. The minimum atomic E-state index is -1.48. The third kappa shape index (κ3) is 2.21. The van der Waals surface area contributed by atoms with Crippen LogP contribution in [0.4, 0.5) is 0 Å². The molecule has 2 fully saturated rings. The van der Waals surface area contributed by atoms with Crippen molar-refractivity contribution in [3.05, 3.63) is 23.3 Å². The van der Waals surface area contributed by atoms with Gasteiger partial charge in [0.05, 0.1) is 0 Å². The van der Waals surface area contributed by atoms with E-state index in [1.807, 2.05) is 13.8 Å². The molecule has 146 valence electrons. The van der Waals surface area contributed by atoms with E-state index in [0.717, 1.165) is 24.0 Å². The van der Waals surface area contributed by atoms with Crippen molar-refractivity contribution in [1.29, 1.82) is 0 Å². The van der Waals surface area contributed by atoms with E-state index in [9.17, 15) is 24.6 Å². The minimum Gasteiger partial charge on any atom is -0.388 e. The van der Waals surface area contributed by atoms with Gasteiger partial charge in [-0.3, -0.25) is 14.4 Å². The second kappa shape index (κ2) is 5.71. The van der Waals surface area contributed by atoms with Crippen molar-refractivity contribution in [2.75, 3.05) is 6.61 Å². The summed E-state index contributed by atoms with van der Waals surface area (Å²) in [4.78, 5) is 36.6. The summed E-state index contributed by atoms with van der Waals surface area (Å²) in [5.41, 5.74) is -0.396. The lowest BCUT2D eigenvalue weighted by Gasteiger charge is -2.57. The van der Waals surface area contributed by atoms with Crippen LogP contribution in [0.5, 0.6) is 0 Å². The first-order valence-corrected chi connectivity index (χ1v) is 9.93. The predicted molar refractivity (Wildman–Crippen MR) is 98.7 cm³/mol. The Balaban J connectivity index is 1.79. The third-order valence-corrected chi connectivity index (χ3v) is 8.47. The van der Waals surface area contributed by atoms with E-state index in [1.54, 1.807) is 0 Å². The Hall–Kier alpha value is -1.59. The Kier molecular flexibility index (Phi) is 3.97. The van der Waals surface area contributed by atoms with Crippen molar-refractivity contribution in [3.63, 3.8) is 0 Å². The second-order valence-corrected chi connectivity index (χ2v) is 9.52. The lowest BCUT2D eigenvalue weighted by molar-refractivity contribution is -0.161. The molecule has 0 unspecified atom stereocenters. The van der Waals surface area contributed by atoms with Gasteiger partial charge in [0.25, 0.3) is 0 Å². The molecule has 27 heavy (non-hydrogen) atoms. The molecule has 0 saturated heterocycles. The number of carbonyl (C=O) groups excluding carboxylic acids is 3. The normalized spacial score (nSPS) is 46.2.